The Bertz CT molecular complexity index is 1510. The van der Waals surface area contributed by atoms with Gasteiger partial charge in [0.25, 0.3) is 0 Å². The maximum atomic E-state index is 12.1. The summed E-state index contributed by atoms with van der Waals surface area (Å²) < 4.78 is 5.85. The van der Waals surface area contributed by atoms with E-state index in [4.69, 9.17) is 10.00 Å². The first kappa shape index (κ1) is 24.6. The van der Waals surface area contributed by atoms with Crippen molar-refractivity contribution in [3.8, 4) is 17.7 Å². The van der Waals surface area contributed by atoms with E-state index in [2.05, 4.69) is 46.2 Å². The standard InChI is InChI=1S/C29H29N5O3/c1-3-17-9-19-11-21(12-20(19)10-18(17)4-2)31-15-25(35)23-5-7-26(29-24(23)6-8-27(36)34-29)37-28-16-32-22(13-30)14-33-28/h5-10,14,16,21,25,31,35H,3-4,11-12,15H2,1-2H3,(H,34,36)/t25-/m1/s1. The Balaban J connectivity index is 1.33. The second kappa shape index (κ2) is 10.5. The van der Waals surface area contributed by atoms with E-state index in [-0.39, 0.29) is 23.2 Å². The van der Waals surface area contributed by atoms with Gasteiger partial charge in [-0.05, 0) is 65.6 Å². The number of aliphatic hydroxyl groups excluding tert-OH is 1. The lowest BCUT2D eigenvalue weighted by Crippen LogP contribution is -2.33. The van der Waals surface area contributed by atoms with Crippen LogP contribution in [0.25, 0.3) is 10.9 Å². The number of aryl methyl sites for hydroxylation is 2. The summed E-state index contributed by atoms with van der Waals surface area (Å²) in [5.41, 5.74) is 6.70. The van der Waals surface area contributed by atoms with Gasteiger partial charge in [0.05, 0.1) is 24.0 Å². The summed E-state index contributed by atoms with van der Waals surface area (Å²) >= 11 is 0. The largest absolute Gasteiger partial charge is 0.435 e. The van der Waals surface area contributed by atoms with Gasteiger partial charge in [-0.2, -0.15) is 5.26 Å². The number of ether oxygens (including phenoxy) is 1. The quantitative estimate of drug-likeness (QED) is 0.339. The fourth-order valence-electron chi connectivity index (χ4n) is 5.13. The molecule has 188 valence electrons. The van der Waals surface area contributed by atoms with Crippen LogP contribution in [0, 0.1) is 11.3 Å². The van der Waals surface area contributed by atoms with Crippen molar-refractivity contribution in [3.63, 3.8) is 0 Å². The summed E-state index contributed by atoms with van der Waals surface area (Å²) in [5.74, 6) is 0.568. The molecule has 1 aliphatic carbocycles. The van der Waals surface area contributed by atoms with Gasteiger partial charge in [-0.1, -0.05) is 32.0 Å². The summed E-state index contributed by atoms with van der Waals surface area (Å²) in [4.78, 5) is 23.0. The summed E-state index contributed by atoms with van der Waals surface area (Å²) in [5, 5.41) is 24.3. The number of pyridine rings is 1. The molecule has 0 unspecified atom stereocenters. The zero-order valence-corrected chi connectivity index (χ0v) is 20.9. The van der Waals surface area contributed by atoms with E-state index in [9.17, 15) is 9.90 Å². The number of H-pyrrole nitrogens is 1. The average molecular weight is 496 g/mol. The van der Waals surface area contributed by atoms with Crippen molar-refractivity contribution in [2.24, 2.45) is 0 Å². The Morgan fingerprint density at radius 2 is 1.84 bits per heavy atom. The third-order valence-electron chi connectivity index (χ3n) is 7.02. The zero-order valence-electron chi connectivity index (χ0n) is 20.9. The summed E-state index contributed by atoms with van der Waals surface area (Å²) in [6.45, 7) is 4.79. The van der Waals surface area contributed by atoms with E-state index in [0.29, 0.717) is 28.8 Å². The minimum atomic E-state index is -0.779. The van der Waals surface area contributed by atoms with E-state index in [1.54, 1.807) is 18.2 Å². The van der Waals surface area contributed by atoms with Crippen LogP contribution in [0.3, 0.4) is 0 Å². The van der Waals surface area contributed by atoms with Crippen LogP contribution in [-0.4, -0.2) is 32.6 Å². The molecular formula is C29H29N5O3. The topological polar surface area (TPSA) is 124 Å². The van der Waals surface area contributed by atoms with Gasteiger partial charge in [0, 0.05) is 24.0 Å². The van der Waals surface area contributed by atoms with E-state index >= 15 is 0 Å². The third-order valence-corrected chi connectivity index (χ3v) is 7.02. The third kappa shape index (κ3) is 5.10. The Kier molecular flexibility index (Phi) is 6.99. The molecule has 5 rings (SSSR count). The molecule has 0 spiro atoms. The van der Waals surface area contributed by atoms with E-state index in [0.717, 1.165) is 25.7 Å². The van der Waals surface area contributed by atoms with Crippen molar-refractivity contribution in [3.05, 3.63) is 92.7 Å². The Morgan fingerprint density at radius 3 is 2.46 bits per heavy atom. The van der Waals surface area contributed by atoms with Gasteiger partial charge in [-0.3, -0.25) is 4.79 Å². The van der Waals surface area contributed by atoms with Crippen LogP contribution >= 0.6 is 0 Å². The molecule has 0 bridgehead atoms. The molecule has 1 aliphatic rings. The molecule has 0 saturated heterocycles. The average Bonchev–Trinajstić information content (AvgIpc) is 3.33. The number of aliphatic hydroxyl groups is 1. The molecule has 1 atom stereocenters. The molecule has 0 fully saturated rings. The molecule has 2 aromatic carbocycles. The minimum Gasteiger partial charge on any atom is -0.435 e. The van der Waals surface area contributed by atoms with E-state index in [1.165, 1.54) is 40.7 Å². The second-order valence-electron chi connectivity index (χ2n) is 9.34. The molecule has 8 heteroatoms. The van der Waals surface area contributed by atoms with Gasteiger partial charge >= 0.3 is 0 Å². The number of hydrogen-bond donors (Lipinski definition) is 3. The van der Waals surface area contributed by atoms with Crippen molar-refractivity contribution in [2.75, 3.05) is 6.54 Å². The number of fused-ring (bicyclic) bond motifs is 2. The lowest BCUT2D eigenvalue weighted by atomic mass is 9.97. The predicted molar refractivity (Wildman–Crippen MR) is 141 cm³/mol. The highest BCUT2D eigenvalue weighted by Gasteiger charge is 2.24. The number of hydrogen-bond acceptors (Lipinski definition) is 7. The normalized spacial score (nSPS) is 13.9. The van der Waals surface area contributed by atoms with Crippen molar-refractivity contribution in [1.82, 2.24) is 20.3 Å². The zero-order chi connectivity index (χ0) is 25.9. The SMILES string of the molecule is CCc1cc2c(cc1CC)CC(NC[C@@H](O)c1ccc(Oc3cnc(C#N)cn3)c3[nH]c(=O)ccc13)C2. The Hall–Kier alpha value is -4.06. The van der Waals surface area contributed by atoms with Gasteiger partial charge in [0.15, 0.2) is 11.4 Å². The highest BCUT2D eigenvalue weighted by Crippen LogP contribution is 2.32. The van der Waals surface area contributed by atoms with Crippen molar-refractivity contribution in [1.29, 1.82) is 5.26 Å². The number of nitrogens with zero attached hydrogens (tertiary/aromatic N) is 3. The molecular weight excluding hydrogens is 466 g/mol. The smallest absolute Gasteiger partial charge is 0.248 e. The van der Waals surface area contributed by atoms with Crippen molar-refractivity contribution < 1.29 is 9.84 Å². The molecule has 8 nitrogen and oxygen atoms in total. The number of nitrogens with one attached hydrogen (secondary N) is 2. The van der Waals surface area contributed by atoms with Crippen LogP contribution in [0.15, 0.2) is 53.6 Å². The first-order chi connectivity index (χ1) is 18.0. The number of rotatable bonds is 8. The van der Waals surface area contributed by atoms with E-state index in [1.807, 2.05) is 6.07 Å². The maximum Gasteiger partial charge on any atom is 0.248 e. The highest BCUT2D eigenvalue weighted by molar-refractivity contribution is 5.88. The van der Waals surface area contributed by atoms with Crippen LogP contribution in [0.1, 0.15) is 53.5 Å². The van der Waals surface area contributed by atoms with Crippen LogP contribution in [0.2, 0.25) is 0 Å². The second-order valence-corrected chi connectivity index (χ2v) is 9.34. The number of aromatic nitrogens is 3. The number of aromatic amines is 1. The van der Waals surface area contributed by atoms with Gasteiger partial charge in [-0.15, -0.1) is 0 Å². The van der Waals surface area contributed by atoms with Crippen LogP contribution < -0.4 is 15.6 Å². The molecule has 3 N–H and O–H groups in total. The molecule has 0 saturated carbocycles. The minimum absolute atomic E-state index is 0.179. The first-order valence-electron chi connectivity index (χ1n) is 12.6. The van der Waals surface area contributed by atoms with Gasteiger partial charge in [0.1, 0.15) is 6.07 Å². The predicted octanol–water partition coefficient (Wildman–Crippen LogP) is 3.90. The molecule has 0 amide bonds. The number of benzene rings is 2. The van der Waals surface area contributed by atoms with Crippen molar-refractivity contribution in [2.45, 2.75) is 51.7 Å². The van der Waals surface area contributed by atoms with Gasteiger partial charge in [0.2, 0.25) is 11.4 Å². The van der Waals surface area contributed by atoms with E-state index < -0.39 is 6.10 Å². The molecule has 2 aromatic heterocycles. The molecule has 0 aliphatic heterocycles. The molecule has 0 radical (unpaired) electrons. The van der Waals surface area contributed by atoms with Crippen molar-refractivity contribution >= 4 is 10.9 Å². The van der Waals surface area contributed by atoms with Crippen LogP contribution in [-0.2, 0) is 25.7 Å². The lowest BCUT2D eigenvalue weighted by molar-refractivity contribution is 0.171. The number of nitriles is 1. The fourth-order valence-corrected chi connectivity index (χ4v) is 5.13. The summed E-state index contributed by atoms with van der Waals surface area (Å²) in [6.07, 6.45) is 5.87. The van der Waals surface area contributed by atoms with Gasteiger partial charge < -0.3 is 20.1 Å². The molecule has 37 heavy (non-hydrogen) atoms. The van der Waals surface area contributed by atoms with Crippen LogP contribution in [0.5, 0.6) is 11.6 Å². The summed E-state index contributed by atoms with van der Waals surface area (Å²) in [6, 6.07) is 13.5. The Labute approximate surface area is 215 Å². The Morgan fingerprint density at radius 1 is 1.11 bits per heavy atom. The maximum absolute atomic E-state index is 12.1. The lowest BCUT2D eigenvalue weighted by Gasteiger charge is -2.19. The molecule has 4 aromatic rings. The fraction of sp³-hybridized carbons (Fsp3) is 0.310. The monoisotopic (exact) mass is 495 g/mol. The highest BCUT2D eigenvalue weighted by atomic mass is 16.5. The van der Waals surface area contributed by atoms with Crippen LogP contribution in [0.4, 0.5) is 0 Å². The molecule has 2 heterocycles. The first-order valence-corrected chi connectivity index (χ1v) is 12.6. The van der Waals surface area contributed by atoms with Gasteiger partial charge in [-0.25, -0.2) is 9.97 Å². The summed E-state index contributed by atoms with van der Waals surface area (Å²) in [7, 11) is 0.